The Morgan fingerprint density at radius 1 is 1.30 bits per heavy atom. The molecule has 1 amide bonds. The molecule has 0 aliphatic rings. The maximum Gasteiger partial charge on any atom is 0.416 e. The van der Waals surface area contributed by atoms with E-state index in [-0.39, 0.29) is 17.1 Å². The van der Waals surface area contributed by atoms with Gasteiger partial charge < -0.3 is 11.1 Å². The lowest BCUT2D eigenvalue weighted by molar-refractivity contribution is -0.137. The fourth-order valence-electron chi connectivity index (χ4n) is 1.52. The van der Waals surface area contributed by atoms with Crippen molar-refractivity contribution in [3.63, 3.8) is 0 Å². The summed E-state index contributed by atoms with van der Waals surface area (Å²) in [5.74, 6) is -0.440. The molecule has 1 aromatic carbocycles. The van der Waals surface area contributed by atoms with Gasteiger partial charge >= 0.3 is 6.18 Å². The molecule has 4 N–H and O–H groups in total. The summed E-state index contributed by atoms with van der Waals surface area (Å²) in [5, 5.41) is 8.78. The number of aromatic amines is 1. The molecule has 0 saturated carbocycles. The van der Waals surface area contributed by atoms with E-state index in [1.807, 2.05) is 0 Å². The molecule has 2 aromatic rings. The normalized spacial score (nSPS) is 11.4. The highest BCUT2D eigenvalue weighted by Crippen LogP contribution is 2.29. The molecular formula is C12H11F3N4O. The largest absolute Gasteiger partial charge is 0.416 e. The summed E-state index contributed by atoms with van der Waals surface area (Å²) in [6.45, 7) is 1.68. The van der Waals surface area contributed by atoms with E-state index in [4.69, 9.17) is 5.73 Å². The second kappa shape index (κ2) is 4.87. The third-order valence-electron chi connectivity index (χ3n) is 2.70. The number of benzene rings is 1. The second-order valence-electron chi connectivity index (χ2n) is 4.14. The van der Waals surface area contributed by atoms with Gasteiger partial charge in [0.05, 0.1) is 16.9 Å². The van der Waals surface area contributed by atoms with Gasteiger partial charge in [0.25, 0.3) is 5.91 Å². The Bertz CT molecular complexity index is 631. The number of anilines is 2. The Morgan fingerprint density at radius 3 is 2.35 bits per heavy atom. The van der Waals surface area contributed by atoms with Gasteiger partial charge in [-0.25, -0.2) is 0 Å². The number of hydrogen-bond acceptors (Lipinski definition) is 3. The highest BCUT2D eigenvalue weighted by molar-refractivity contribution is 6.05. The first-order chi connectivity index (χ1) is 9.29. The lowest BCUT2D eigenvalue weighted by atomic mass is 10.1. The quantitative estimate of drug-likeness (QED) is 0.792. The van der Waals surface area contributed by atoms with Crippen LogP contribution < -0.4 is 11.1 Å². The average molecular weight is 284 g/mol. The number of carbonyl (C=O) groups excluding carboxylic acids is 1. The minimum atomic E-state index is -4.43. The number of H-pyrrole nitrogens is 1. The predicted octanol–water partition coefficient (Wildman–Crippen LogP) is 2.57. The molecule has 8 heteroatoms. The third kappa shape index (κ3) is 2.73. The summed E-state index contributed by atoms with van der Waals surface area (Å²) in [5.41, 5.74) is 5.79. The topological polar surface area (TPSA) is 83.8 Å². The van der Waals surface area contributed by atoms with E-state index < -0.39 is 17.6 Å². The first-order valence-electron chi connectivity index (χ1n) is 5.58. The van der Waals surface area contributed by atoms with Crippen LogP contribution in [0.2, 0.25) is 0 Å². The smallest absolute Gasteiger partial charge is 0.394 e. The van der Waals surface area contributed by atoms with Crippen LogP contribution in [-0.4, -0.2) is 16.1 Å². The Balaban J connectivity index is 2.16. The third-order valence-corrected chi connectivity index (χ3v) is 2.70. The van der Waals surface area contributed by atoms with Crippen molar-refractivity contribution >= 4 is 17.4 Å². The van der Waals surface area contributed by atoms with Crippen molar-refractivity contribution in [3.8, 4) is 0 Å². The molecule has 1 aromatic heterocycles. The molecule has 1 heterocycles. The lowest BCUT2D eigenvalue weighted by Gasteiger charge is -2.07. The van der Waals surface area contributed by atoms with Crippen molar-refractivity contribution in [1.29, 1.82) is 0 Å². The van der Waals surface area contributed by atoms with Gasteiger partial charge in [0.15, 0.2) is 5.82 Å². The molecule has 0 saturated heterocycles. The molecule has 0 fully saturated rings. The zero-order chi connectivity index (χ0) is 14.9. The van der Waals surface area contributed by atoms with Gasteiger partial charge in [0.1, 0.15) is 0 Å². The van der Waals surface area contributed by atoms with E-state index in [1.165, 1.54) is 0 Å². The fraction of sp³-hybridized carbons (Fsp3) is 0.167. The van der Waals surface area contributed by atoms with E-state index in [9.17, 15) is 18.0 Å². The van der Waals surface area contributed by atoms with Crippen LogP contribution in [0.4, 0.5) is 24.7 Å². The van der Waals surface area contributed by atoms with Gasteiger partial charge in [-0.3, -0.25) is 9.89 Å². The Labute approximate surface area is 112 Å². The Kier molecular flexibility index (Phi) is 3.39. The molecule has 106 valence electrons. The number of nitrogens with zero attached hydrogens (tertiary/aromatic N) is 1. The first kappa shape index (κ1) is 13.9. The number of nitrogen functional groups attached to an aromatic ring is 1. The number of hydrogen-bond donors (Lipinski definition) is 3. The van der Waals surface area contributed by atoms with Crippen LogP contribution in [0.1, 0.15) is 21.6 Å². The number of aryl methyl sites for hydroxylation is 1. The summed E-state index contributed by atoms with van der Waals surface area (Å²) in [7, 11) is 0. The summed E-state index contributed by atoms with van der Waals surface area (Å²) in [6.07, 6.45) is -4.43. The second-order valence-corrected chi connectivity index (χ2v) is 4.14. The minimum absolute atomic E-state index is 0.0815. The van der Waals surface area contributed by atoms with Crippen molar-refractivity contribution in [2.75, 3.05) is 11.1 Å². The number of rotatable bonds is 2. The van der Waals surface area contributed by atoms with Gasteiger partial charge in [0, 0.05) is 5.56 Å². The maximum absolute atomic E-state index is 12.4. The van der Waals surface area contributed by atoms with Crippen LogP contribution in [-0.2, 0) is 6.18 Å². The van der Waals surface area contributed by atoms with E-state index >= 15 is 0 Å². The molecular weight excluding hydrogens is 273 g/mol. The van der Waals surface area contributed by atoms with Gasteiger partial charge in [-0.15, -0.1) is 0 Å². The fourth-order valence-corrected chi connectivity index (χ4v) is 1.52. The number of carbonyl (C=O) groups is 1. The molecule has 0 spiro atoms. The van der Waals surface area contributed by atoms with E-state index in [0.717, 1.165) is 24.3 Å². The number of alkyl halides is 3. The molecule has 0 unspecified atom stereocenters. The summed E-state index contributed by atoms with van der Waals surface area (Å²) >= 11 is 0. The molecule has 0 bridgehead atoms. The van der Waals surface area contributed by atoms with E-state index in [1.54, 1.807) is 6.92 Å². The van der Waals surface area contributed by atoms with Gasteiger partial charge in [-0.1, -0.05) is 0 Å². The highest BCUT2D eigenvalue weighted by atomic mass is 19.4. The summed E-state index contributed by atoms with van der Waals surface area (Å²) in [4.78, 5) is 11.8. The van der Waals surface area contributed by atoms with Crippen molar-refractivity contribution in [1.82, 2.24) is 10.2 Å². The van der Waals surface area contributed by atoms with Gasteiger partial charge in [-0.2, -0.15) is 18.3 Å². The molecule has 0 atom stereocenters. The first-order valence-corrected chi connectivity index (χ1v) is 5.58. The highest BCUT2D eigenvalue weighted by Gasteiger charge is 2.30. The summed E-state index contributed by atoms with van der Waals surface area (Å²) in [6, 6.07) is 3.86. The van der Waals surface area contributed by atoms with Crippen LogP contribution in [0.5, 0.6) is 0 Å². The van der Waals surface area contributed by atoms with Crippen LogP contribution in [0.25, 0.3) is 0 Å². The zero-order valence-corrected chi connectivity index (χ0v) is 10.4. The Morgan fingerprint density at radius 2 is 1.90 bits per heavy atom. The zero-order valence-electron chi connectivity index (χ0n) is 10.4. The number of amides is 1. The van der Waals surface area contributed by atoms with Crippen molar-refractivity contribution < 1.29 is 18.0 Å². The van der Waals surface area contributed by atoms with Gasteiger partial charge in [0.2, 0.25) is 0 Å². The van der Waals surface area contributed by atoms with Crippen molar-refractivity contribution in [3.05, 3.63) is 41.1 Å². The van der Waals surface area contributed by atoms with E-state index in [0.29, 0.717) is 5.69 Å². The molecule has 0 aliphatic heterocycles. The molecule has 20 heavy (non-hydrogen) atoms. The maximum atomic E-state index is 12.4. The lowest BCUT2D eigenvalue weighted by Crippen LogP contribution is -2.14. The van der Waals surface area contributed by atoms with E-state index in [2.05, 4.69) is 15.5 Å². The van der Waals surface area contributed by atoms with Crippen LogP contribution >= 0.6 is 0 Å². The summed E-state index contributed by atoms with van der Waals surface area (Å²) < 4.78 is 37.2. The molecule has 0 aliphatic carbocycles. The monoisotopic (exact) mass is 284 g/mol. The SMILES string of the molecule is Cc1[nH]nc(NC(=O)c2ccc(C(F)(F)F)cc2)c1N. The average Bonchev–Trinajstić information content (AvgIpc) is 2.70. The number of halogens is 3. The standard InChI is InChI=1S/C12H11F3N4O/c1-6-9(16)10(19-18-6)17-11(20)7-2-4-8(5-3-7)12(13,14)15/h2-5H,16H2,1H3,(H2,17,18,19,20). The number of nitrogens with one attached hydrogen (secondary N) is 2. The number of nitrogens with two attached hydrogens (primary N) is 1. The predicted molar refractivity (Wildman–Crippen MR) is 67.1 cm³/mol. The molecule has 2 rings (SSSR count). The van der Waals surface area contributed by atoms with Crippen molar-refractivity contribution in [2.24, 2.45) is 0 Å². The van der Waals surface area contributed by atoms with Crippen LogP contribution in [0.15, 0.2) is 24.3 Å². The van der Waals surface area contributed by atoms with Crippen LogP contribution in [0, 0.1) is 6.92 Å². The number of aromatic nitrogens is 2. The molecule has 0 radical (unpaired) electrons. The molecule has 5 nitrogen and oxygen atoms in total. The Hall–Kier alpha value is -2.51. The minimum Gasteiger partial charge on any atom is -0.394 e. The van der Waals surface area contributed by atoms with Crippen LogP contribution in [0.3, 0.4) is 0 Å². The van der Waals surface area contributed by atoms with Gasteiger partial charge in [-0.05, 0) is 31.2 Å². The van der Waals surface area contributed by atoms with Crippen molar-refractivity contribution in [2.45, 2.75) is 13.1 Å².